The van der Waals surface area contributed by atoms with Crippen molar-refractivity contribution in [1.29, 1.82) is 0 Å². The molecule has 2 aromatic rings. The summed E-state index contributed by atoms with van der Waals surface area (Å²) >= 11 is 0. The Hall–Kier alpha value is -2.00. The largest absolute Gasteiger partial charge is 0.508 e. The Morgan fingerprint density at radius 1 is 1.14 bits per heavy atom. The highest BCUT2D eigenvalue weighted by Crippen LogP contribution is 2.30. The minimum absolute atomic E-state index is 0.190. The van der Waals surface area contributed by atoms with Crippen molar-refractivity contribution in [2.24, 2.45) is 0 Å². The lowest BCUT2D eigenvalue weighted by molar-refractivity contribution is 0.170. The summed E-state index contributed by atoms with van der Waals surface area (Å²) in [6, 6.07) is 15.9. The monoisotopic (exact) mass is 283 g/mol. The van der Waals surface area contributed by atoms with E-state index in [-0.39, 0.29) is 11.9 Å². The standard InChI is InChI=1S/C18H21NO2/c20-16-8-6-15-7-9-17(21-18(15)12-16)13-19-11-10-14-4-2-1-3-5-14/h1-6,8,12,17,19-20H,7,9-11,13H2/t17-/m1/s1. The predicted molar refractivity (Wildman–Crippen MR) is 83.9 cm³/mol. The number of fused-ring (bicyclic) bond motifs is 1. The first-order valence-corrected chi connectivity index (χ1v) is 7.54. The van der Waals surface area contributed by atoms with Gasteiger partial charge in [-0.2, -0.15) is 0 Å². The summed E-state index contributed by atoms with van der Waals surface area (Å²) in [6.45, 7) is 1.80. The molecule has 2 N–H and O–H groups in total. The van der Waals surface area contributed by atoms with Crippen LogP contribution in [0.15, 0.2) is 48.5 Å². The number of hydrogen-bond donors (Lipinski definition) is 2. The van der Waals surface area contributed by atoms with Crippen LogP contribution in [0.5, 0.6) is 11.5 Å². The van der Waals surface area contributed by atoms with Gasteiger partial charge in [0.05, 0.1) is 0 Å². The fraction of sp³-hybridized carbons (Fsp3) is 0.333. The third-order valence-corrected chi connectivity index (χ3v) is 3.89. The van der Waals surface area contributed by atoms with Gasteiger partial charge in [-0.05, 0) is 43.0 Å². The summed E-state index contributed by atoms with van der Waals surface area (Å²) in [4.78, 5) is 0. The summed E-state index contributed by atoms with van der Waals surface area (Å²) in [5.41, 5.74) is 2.54. The van der Waals surface area contributed by atoms with Gasteiger partial charge in [-0.3, -0.25) is 0 Å². The molecule has 1 aliphatic heterocycles. The van der Waals surface area contributed by atoms with Crippen LogP contribution in [-0.2, 0) is 12.8 Å². The van der Waals surface area contributed by atoms with Crippen LogP contribution in [0.3, 0.4) is 0 Å². The van der Waals surface area contributed by atoms with Crippen molar-refractivity contribution in [3.63, 3.8) is 0 Å². The van der Waals surface area contributed by atoms with Crippen LogP contribution in [0.2, 0.25) is 0 Å². The molecule has 0 aromatic heterocycles. The van der Waals surface area contributed by atoms with E-state index in [0.29, 0.717) is 0 Å². The van der Waals surface area contributed by atoms with Crippen molar-refractivity contribution in [2.75, 3.05) is 13.1 Å². The van der Waals surface area contributed by atoms with Crippen molar-refractivity contribution >= 4 is 0 Å². The number of ether oxygens (including phenoxy) is 1. The zero-order valence-electron chi connectivity index (χ0n) is 12.1. The van der Waals surface area contributed by atoms with E-state index in [1.54, 1.807) is 12.1 Å². The summed E-state index contributed by atoms with van der Waals surface area (Å²) in [5, 5.41) is 13.0. The lowest BCUT2D eigenvalue weighted by atomic mass is 10.0. The molecule has 21 heavy (non-hydrogen) atoms. The van der Waals surface area contributed by atoms with Gasteiger partial charge in [0, 0.05) is 12.6 Å². The second-order valence-electron chi connectivity index (χ2n) is 5.51. The molecular formula is C18H21NO2. The molecule has 1 heterocycles. The molecule has 0 radical (unpaired) electrons. The maximum absolute atomic E-state index is 9.52. The second-order valence-corrected chi connectivity index (χ2v) is 5.51. The van der Waals surface area contributed by atoms with Crippen LogP contribution in [0.4, 0.5) is 0 Å². The number of benzene rings is 2. The molecule has 3 heteroatoms. The average molecular weight is 283 g/mol. The van der Waals surface area contributed by atoms with Crippen molar-refractivity contribution in [3.05, 3.63) is 59.7 Å². The van der Waals surface area contributed by atoms with E-state index in [4.69, 9.17) is 4.74 Å². The van der Waals surface area contributed by atoms with Crippen LogP contribution in [0, 0.1) is 0 Å². The predicted octanol–water partition coefficient (Wildman–Crippen LogP) is 2.92. The molecule has 0 bridgehead atoms. The normalized spacial score (nSPS) is 17.0. The van der Waals surface area contributed by atoms with E-state index >= 15 is 0 Å². The smallest absolute Gasteiger partial charge is 0.126 e. The molecule has 3 rings (SSSR count). The second kappa shape index (κ2) is 6.64. The molecule has 0 aliphatic carbocycles. The molecule has 1 aliphatic rings. The van der Waals surface area contributed by atoms with Gasteiger partial charge in [0.2, 0.25) is 0 Å². The Labute approximate surface area is 125 Å². The topological polar surface area (TPSA) is 41.5 Å². The van der Waals surface area contributed by atoms with Gasteiger partial charge in [0.25, 0.3) is 0 Å². The molecule has 0 fully saturated rings. The van der Waals surface area contributed by atoms with Crippen molar-refractivity contribution in [1.82, 2.24) is 5.32 Å². The first-order valence-electron chi connectivity index (χ1n) is 7.54. The first kappa shape index (κ1) is 14.0. The van der Waals surface area contributed by atoms with Crippen molar-refractivity contribution in [3.8, 4) is 11.5 Å². The summed E-state index contributed by atoms with van der Waals surface area (Å²) in [7, 11) is 0. The molecule has 0 saturated heterocycles. The van der Waals surface area contributed by atoms with E-state index < -0.39 is 0 Å². The third-order valence-electron chi connectivity index (χ3n) is 3.89. The number of hydrogen-bond acceptors (Lipinski definition) is 3. The summed E-state index contributed by atoms with van der Waals surface area (Å²) in [5.74, 6) is 1.10. The SMILES string of the molecule is Oc1ccc2c(c1)O[C@@H](CNCCc1ccccc1)CC2. The fourth-order valence-electron chi connectivity index (χ4n) is 2.70. The molecule has 0 saturated carbocycles. The Morgan fingerprint density at radius 2 is 2.00 bits per heavy atom. The van der Waals surface area contributed by atoms with Gasteiger partial charge in [-0.1, -0.05) is 36.4 Å². The molecule has 2 aromatic carbocycles. The Kier molecular flexibility index (Phi) is 4.41. The molecule has 3 nitrogen and oxygen atoms in total. The Morgan fingerprint density at radius 3 is 2.86 bits per heavy atom. The highest BCUT2D eigenvalue weighted by molar-refractivity contribution is 5.41. The third kappa shape index (κ3) is 3.76. The molecule has 0 unspecified atom stereocenters. The van der Waals surface area contributed by atoms with Gasteiger partial charge in [0.1, 0.15) is 17.6 Å². The highest BCUT2D eigenvalue weighted by Gasteiger charge is 2.19. The van der Waals surface area contributed by atoms with Gasteiger partial charge in [0.15, 0.2) is 0 Å². The molecular weight excluding hydrogens is 262 g/mol. The molecule has 1 atom stereocenters. The van der Waals surface area contributed by atoms with Gasteiger partial charge < -0.3 is 15.2 Å². The average Bonchev–Trinajstić information content (AvgIpc) is 2.52. The number of phenols is 1. The Balaban J connectivity index is 1.45. The molecule has 0 spiro atoms. The highest BCUT2D eigenvalue weighted by atomic mass is 16.5. The van der Waals surface area contributed by atoms with Crippen LogP contribution in [-0.4, -0.2) is 24.3 Å². The Bertz CT molecular complexity index is 583. The van der Waals surface area contributed by atoms with Gasteiger partial charge in [-0.25, -0.2) is 0 Å². The van der Waals surface area contributed by atoms with E-state index in [1.807, 2.05) is 12.1 Å². The fourth-order valence-corrected chi connectivity index (χ4v) is 2.70. The van der Waals surface area contributed by atoms with E-state index in [9.17, 15) is 5.11 Å². The van der Waals surface area contributed by atoms with E-state index in [2.05, 4.69) is 29.6 Å². The minimum Gasteiger partial charge on any atom is -0.508 e. The molecule has 110 valence electrons. The zero-order valence-corrected chi connectivity index (χ0v) is 12.1. The van der Waals surface area contributed by atoms with Crippen molar-refractivity contribution < 1.29 is 9.84 Å². The quantitative estimate of drug-likeness (QED) is 0.829. The zero-order chi connectivity index (χ0) is 14.5. The number of aryl methyl sites for hydroxylation is 1. The number of rotatable bonds is 5. The van der Waals surface area contributed by atoms with E-state index in [0.717, 1.165) is 38.1 Å². The molecule has 0 amide bonds. The van der Waals surface area contributed by atoms with Gasteiger partial charge in [-0.15, -0.1) is 0 Å². The maximum Gasteiger partial charge on any atom is 0.126 e. The lowest BCUT2D eigenvalue weighted by Gasteiger charge is -2.26. The van der Waals surface area contributed by atoms with Crippen LogP contribution < -0.4 is 10.1 Å². The van der Waals surface area contributed by atoms with E-state index in [1.165, 1.54) is 11.1 Å². The van der Waals surface area contributed by atoms with Crippen LogP contribution >= 0.6 is 0 Å². The van der Waals surface area contributed by atoms with Crippen LogP contribution in [0.25, 0.3) is 0 Å². The van der Waals surface area contributed by atoms with Crippen molar-refractivity contribution in [2.45, 2.75) is 25.4 Å². The maximum atomic E-state index is 9.52. The van der Waals surface area contributed by atoms with Gasteiger partial charge >= 0.3 is 0 Å². The minimum atomic E-state index is 0.190. The lowest BCUT2D eigenvalue weighted by Crippen LogP contribution is -2.35. The number of nitrogens with one attached hydrogen (secondary N) is 1. The number of aromatic hydroxyl groups is 1. The summed E-state index contributed by atoms with van der Waals surface area (Å²) in [6.07, 6.45) is 3.26. The first-order chi connectivity index (χ1) is 10.3. The summed E-state index contributed by atoms with van der Waals surface area (Å²) < 4.78 is 5.94. The number of phenolic OH excluding ortho intramolecular Hbond substituents is 1. The van der Waals surface area contributed by atoms with Crippen LogP contribution in [0.1, 0.15) is 17.5 Å².